The predicted molar refractivity (Wildman–Crippen MR) is 59.0 cm³/mol. The lowest BCUT2D eigenvalue weighted by Gasteiger charge is -2.12. The lowest BCUT2D eigenvalue weighted by Crippen LogP contribution is -2.32. The number of imide groups is 1. The monoisotopic (exact) mass is 249 g/mol. The zero-order valence-electron chi connectivity index (χ0n) is 9.46. The van der Waals surface area contributed by atoms with Crippen LogP contribution in [0.3, 0.4) is 0 Å². The minimum Gasteiger partial charge on any atom is -0.508 e. The number of nitrogens with zero attached hydrogens (tertiary/aromatic N) is 1. The van der Waals surface area contributed by atoms with Crippen LogP contribution in [0.1, 0.15) is 18.4 Å². The number of benzene rings is 1. The van der Waals surface area contributed by atoms with Gasteiger partial charge in [-0.1, -0.05) is 18.2 Å². The van der Waals surface area contributed by atoms with Crippen LogP contribution in [0.4, 0.5) is 0 Å². The van der Waals surface area contributed by atoms with Gasteiger partial charge in [0.2, 0.25) is 0 Å². The van der Waals surface area contributed by atoms with Gasteiger partial charge in [0, 0.05) is 18.4 Å². The van der Waals surface area contributed by atoms with Crippen LogP contribution in [0.2, 0.25) is 0 Å². The number of hydrogen-bond donors (Lipinski definition) is 1. The van der Waals surface area contributed by atoms with Crippen molar-refractivity contribution in [3.8, 4) is 5.75 Å². The van der Waals surface area contributed by atoms with Crippen LogP contribution in [0.5, 0.6) is 5.75 Å². The average Bonchev–Trinajstić information content (AvgIpc) is 2.64. The Bertz CT molecular complexity index is 495. The van der Waals surface area contributed by atoms with E-state index in [9.17, 15) is 19.5 Å². The van der Waals surface area contributed by atoms with Crippen LogP contribution >= 0.6 is 0 Å². The van der Waals surface area contributed by atoms with Gasteiger partial charge >= 0.3 is 5.97 Å². The molecule has 1 heterocycles. The molecule has 94 valence electrons. The van der Waals surface area contributed by atoms with Crippen molar-refractivity contribution in [3.05, 3.63) is 29.8 Å². The summed E-state index contributed by atoms with van der Waals surface area (Å²) in [7, 11) is 0. The van der Waals surface area contributed by atoms with Gasteiger partial charge in [0.1, 0.15) is 5.75 Å². The Morgan fingerprint density at radius 2 is 1.83 bits per heavy atom. The molecule has 6 nitrogen and oxygen atoms in total. The maximum absolute atomic E-state index is 11.5. The van der Waals surface area contributed by atoms with E-state index in [0.29, 0.717) is 10.6 Å². The van der Waals surface area contributed by atoms with Crippen LogP contribution in [0, 0.1) is 0 Å². The summed E-state index contributed by atoms with van der Waals surface area (Å²) in [4.78, 5) is 38.6. The van der Waals surface area contributed by atoms with E-state index in [4.69, 9.17) is 0 Å². The van der Waals surface area contributed by atoms with Crippen molar-refractivity contribution >= 4 is 17.8 Å². The van der Waals surface area contributed by atoms with Crippen LogP contribution in [0.25, 0.3) is 0 Å². The normalized spacial score (nSPS) is 15.0. The fourth-order valence-electron chi connectivity index (χ4n) is 1.61. The van der Waals surface area contributed by atoms with Gasteiger partial charge in [0.15, 0.2) is 0 Å². The second-order valence-corrected chi connectivity index (χ2v) is 3.85. The number of carbonyl (C=O) groups excluding carboxylic acids is 3. The first kappa shape index (κ1) is 12.1. The van der Waals surface area contributed by atoms with E-state index in [0.717, 1.165) is 0 Å². The number of rotatable bonds is 3. The van der Waals surface area contributed by atoms with Crippen molar-refractivity contribution in [2.45, 2.75) is 19.3 Å². The van der Waals surface area contributed by atoms with Gasteiger partial charge < -0.3 is 9.94 Å². The van der Waals surface area contributed by atoms with Gasteiger partial charge in [-0.3, -0.25) is 9.59 Å². The standard InChI is InChI=1S/C12H11NO5/c14-9-4-2-1-3-8(9)7-12(17)18-13-10(15)5-6-11(13)16/h1-4,14H,5-7H2. The molecular formula is C12H11NO5. The first-order chi connectivity index (χ1) is 8.58. The number of phenols is 1. The summed E-state index contributed by atoms with van der Waals surface area (Å²) >= 11 is 0. The van der Waals surface area contributed by atoms with Crippen molar-refractivity contribution in [3.63, 3.8) is 0 Å². The van der Waals surface area contributed by atoms with Crippen LogP contribution in [-0.2, 0) is 25.6 Å². The lowest BCUT2D eigenvalue weighted by molar-refractivity contribution is -0.197. The highest BCUT2D eigenvalue weighted by Crippen LogP contribution is 2.18. The first-order valence-electron chi connectivity index (χ1n) is 5.41. The van der Waals surface area contributed by atoms with E-state index in [1.54, 1.807) is 18.2 Å². The molecule has 1 aromatic carbocycles. The van der Waals surface area contributed by atoms with E-state index in [1.165, 1.54) is 6.07 Å². The molecule has 0 saturated carbocycles. The maximum atomic E-state index is 11.5. The lowest BCUT2D eigenvalue weighted by atomic mass is 10.1. The van der Waals surface area contributed by atoms with Crippen molar-refractivity contribution < 1.29 is 24.3 Å². The van der Waals surface area contributed by atoms with E-state index in [1.807, 2.05) is 0 Å². The highest BCUT2D eigenvalue weighted by atomic mass is 16.7. The van der Waals surface area contributed by atoms with Gasteiger partial charge in [-0.25, -0.2) is 4.79 Å². The third-order valence-corrected chi connectivity index (χ3v) is 2.53. The second-order valence-electron chi connectivity index (χ2n) is 3.85. The summed E-state index contributed by atoms with van der Waals surface area (Å²) in [5.41, 5.74) is 0.376. The topological polar surface area (TPSA) is 83.9 Å². The molecule has 1 aromatic rings. The quantitative estimate of drug-likeness (QED) is 0.790. The molecule has 18 heavy (non-hydrogen) atoms. The molecular weight excluding hydrogens is 238 g/mol. The molecule has 1 fully saturated rings. The first-order valence-corrected chi connectivity index (χ1v) is 5.41. The van der Waals surface area contributed by atoms with Gasteiger partial charge in [-0.2, -0.15) is 0 Å². The Morgan fingerprint density at radius 1 is 1.22 bits per heavy atom. The van der Waals surface area contributed by atoms with Gasteiger partial charge in [-0.05, 0) is 6.07 Å². The summed E-state index contributed by atoms with van der Waals surface area (Å²) in [5.74, 6) is -1.84. The van der Waals surface area contributed by atoms with Crippen LogP contribution in [-0.4, -0.2) is 28.0 Å². The third-order valence-electron chi connectivity index (χ3n) is 2.53. The van der Waals surface area contributed by atoms with E-state index < -0.39 is 17.8 Å². The highest BCUT2D eigenvalue weighted by molar-refractivity contribution is 6.01. The molecule has 1 aliphatic rings. The Morgan fingerprint density at radius 3 is 2.44 bits per heavy atom. The number of para-hydroxylation sites is 1. The Hall–Kier alpha value is -2.37. The molecule has 2 amide bonds. The molecule has 0 bridgehead atoms. The summed E-state index contributed by atoms with van der Waals surface area (Å²) in [5, 5.41) is 9.96. The fraction of sp³-hybridized carbons (Fsp3) is 0.250. The molecule has 0 aromatic heterocycles. The van der Waals surface area contributed by atoms with Crippen molar-refractivity contribution in [2.24, 2.45) is 0 Å². The molecule has 1 saturated heterocycles. The minimum atomic E-state index is -0.764. The Balaban J connectivity index is 1.99. The van der Waals surface area contributed by atoms with Crippen molar-refractivity contribution in [1.82, 2.24) is 5.06 Å². The predicted octanol–water partition coefficient (Wildman–Crippen LogP) is 0.542. The van der Waals surface area contributed by atoms with Gasteiger partial charge in [-0.15, -0.1) is 5.06 Å². The summed E-state index contributed by atoms with van der Waals surface area (Å²) < 4.78 is 0. The summed E-state index contributed by atoms with van der Waals surface area (Å²) in [6.07, 6.45) is -0.0882. The molecule has 0 unspecified atom stereocenters. The largest absolute Gasteiger partial charge is 0.508 e. The zero-order chi connectivity index (χ0) is 13.1. The second kappa shape index (κ2) is 4.87. The third kappa shape index (κ3) is 2.48. The van der Waals surface area contributed by atoms with Crippen molar-refractivity contribution in [2.75, 3.05) is 0 Å². The molecule has 0 spiro atoms. The molecule has 0 radical (unpaired) electrons. The molecule has 0 aliphatic carbocycles. The van der Waals surface area contributed by atoms with E-state index in [2.05, 4.69) is 4.84 Å². The number of carbonyl (C=O) groups is 3. The smallest absolute Gasteiger partial charge is 0.337 e. The summed E-state index contributed by atoms with van der Waals surface area (Å²) in [6, 6.07) is 6.28. The number of amides is 2. The summed E-state index contributed by atoms with van der Waals surface area (Å²) in [6.45, 7) is 0. The molecule has 2 rings (SSSR count). The number of phenolic OH excluding ortho intramolecular Hbond substituents is 1. The average molecular weight is 249 g/mol. The van der Waals surface area contributed by atoms with Gasteiger partial charge in [0.05, 0.1) is 6.42 Å². The highest BCUT2D eigenvalue weighted by Gasteiger charge is 2.32. The molecule has 6 heteroatoms. The van der Waals surface area contributed by atoms with Gasteiger partial charge in [0.25, 0.3) is 11.8 Å². The maximum Gasteiger partial charge on any atom is 0.337 e. The van der Waals surface area contributed by atoms with E-state index >= 15 is 0 Å². The van der Waals surface area contributed by atoms with E-state index in [-0.39, 0.29) is 25.0 Å². The molecule has 1 N–H and O–H groups in total. The molecule has 1 aliphatic heterocycles. The number of aromatic hydroxyl groups is 1. The van der Waals surface area contributed by atoms with Crippen molar-refractivity contribution in [1.29, 1.82) is 0 Å². The fourth-order valence-corrected chi connectivity index (χ4v) is 1.61. The number of hydroxylamine groups is 2. The van der Waals surface area contributed by atoms with Crippen LogP contribution < -0.4 is 0 Å². The number of hydrogen-bond acceptors (Lipinski definition) is 5. The molecule has 0 atom stereocenters. The SMILES string of the molecule is O=C(Cc1ccccc1O)ON1C(=O)CCC1=O. The Kier molecular flexibility index (Phi) is 3.27. The van der Waals surface area contributed by atoms with Crippen LogP contribution in [0.15, 0.2) is 24.3 Å². The zero-order valence-corrected chi connectivity index (χ0v) is 9.46. The Labute approximate surface area is 103 Å². The minimum absolute atomic E-state index is 0.0338.